The van der Waals surface area contributed by atoms with Crippen LogP contribution in [0.5, 0.6) is 0 Å². The Morgan fingerprint density at radius 1 is 1.14 bits per heavy atom. The molecule has 3 rings (SSSR count). The van der Waals surface area contributed by atoms with E-state index in [0.29, 0.717) is 26.5 Å². The molecule has 1 aliphatic heterocycles. The monoisotopic (exact) mass is 353 g/mol. The average Bonchev–Trinajstić information content (AvgIpc) is 3.04. The van der Waals surface area contributed by atoms with Crippen LogP contribution in [0.2, 0.25) is 10.0 Å². The van der Waals surface area contributed by atoms with Crippen molar-refractivity contribution >= 4 is 52.2 Å². The van der Waals surface area contributed by atoms with Crippen molar-refractivity contribution in [1.29, 1.82) is 0 Å². The molecule has 112 valence electrons. The van der Waals surface area contributed by atoms with Gasteiger partial charge < -0.3 is 4.42 Å². The van der Waals surface area contributed by atoms with Crippen molar-refractivity contribution in [2.24, 2.45) is 0 Å². The smallest absolute Gasteiger partial charge is 0.293 e. The minimum atomic E-state index is -0.331. The van der Waals surface area contributed by atoms with E-state index in [1.807, 2.05) is 0 Å². The molecule has 1 aromatic heterocycles. The fourth-order valence-corrected chi connectivity index (χ4v) is 3.02. The number of carbonyl (C=O) groups is 2. The van der Waals surface area contributed by atoms with E-state index >= 15 is 0 Å². The second kappa shape index (κ2) is 5.83. The van der Waals surface area contributed by atoms with Gasteiger partial charge in [-0.3, -0.25) is 14.5 Å². The van der Waals surface area contributed by atoms with Gasteiger partial charge in [0.2, 0.25) is 0 Å². The van der Waals surface area contributed by atoms with Crippen LogP contribution < -0.4 is 0 Å². The SMILES string of the molecule is CN1C(=O)S/C(=C/c2ccc(-c3ccc(Cl)c(Cl)c3)o2)C1=O. The summed E-state index contributed by atoms with van der Waals surface area (Å²) in [5, 5.41) is 0.602. The van der Waals surface area contributed by atoms with Crippen molar-refractivity contribution in [2.75, 3.05) is 7.05 Å². The molecule has 7 heteroatoms. The van der Waals surface area contributed by atoms with Gasteiger partial charge in [0.05, 0.1) is 15.0 Å². The van der Waals surface area contributed by atoms with Gasteiger partial charge in [-0.05, 0) is 42.1 Å². The van der Waals surface area contributed by atoms with Gasteiger partial charge in [0.15, 0.2) is 0 Å². The quantitative estimate of drug-likeness (QED) is 0.719. The van der Waals surface area contributed by atoms with Crippen molar-refractivity contribution < 1.29 is 14.0 Å². The predicted molar refractivity (Wildman–Crippen MR) is 87.9 cm³/mol. The maximum atomic E-state index is 11.8. The molecule has 0 N–H and O–H groups in total. The van der Waals surface area contributed by atoms with E-state index in [-0.39, 0.29) is 11.1 Å². The fraction of sp³-hybridized carbons (Fsp3) is 0.0667. The normalized spacial score (nSPS) is 16.9. The first-order chi connectivity index (χ1) is 10.5. The van der Waals surface area contributed by atoms with Crippen LogP contribution in [0.25, 0.3) is 17.4 Å². The fourth-order valence-electron chi connectivity index (χ4n) is 1.91. The minimum absolute atomic E-state index is 0.299. The molecule has 0 bridgehead atoms. The zero-order valence-electron chi connectivity index (χ0n) is 11.3. The van der Waals surface area contributed by atoms with E-state index in [1.165, 1.54) is 7.05 Å². The number of hydrogen-bond donors (Lipinski definition) is 0. The van der Waals surface area contributed by atoms with Crippen molar-refractivity contribution in [3.63, 3.8) is 0 Å². The third-order valence-electron chi connectivity index (χ3n) is 3.09. The van der Waals surface area contributed by atoms with E-state index in [4.69, 9.17) is 27.6 Å². The third kappa shape index (κ3) is 2.79. The zero-order valence-corrected chi connectivity index (χ0v) is 13.6. The number of rotatable bonds is 2. The summed E-state index contributed by atoms with van der Waals surface area (Å²) in [6, 6.07) is 8.66. The van der Waals surface area contributed by atoms with E-state index in [1.54, 1.807) is 36.4 Å². The molecule has 1 aromatic carbocycles. The molecule has 2 amide bonds. The van der Waals surface area contributed by atoms with Crippen LogP contribution in [0.3, 0.4) is 0 Å². The van der Waals surface area contributed by atoms with Gasteiger partial charge in [-0.1, -0.05) is 23.2 Å². The molecule has 0 radical (unpaired) electrons. The Bertz CT molecular complexity index is 813. The topological polar surface area (TPSA) is 50.5 Å². The van der Waals surface area contributed by atoms with Crippen molar-refractivity contribution in [3.8, 4) is 11.3 Å². The molecular weight excluding hydrogens is 345 g/mol. The zero-order chi connectivity index (χ0) is 15.9. The maximum Gasteiger partial charge on any atom is 0.293 e. The minimum Gasteiger partial charge on any atom is -0.457 e. The summed E-state index contributed by atoms with van der Waals surface area (Å²) in [6.45, 7) is 0. The Kier molecular flexibility index (Phi) is 4.04. The summed E-state index contributed by atoms with van der Waals surface area (Å²) in [6.07, 6.45) is 1.55. The van der Waals surface area contributed by atoms with E-state index < -0.39 is 0 Å². The van der Waals surface area contributed by atoms with Crippen molar-refractivity contribution in [2.45, 2.75) is 0 Å². The first-order valence-corrected chi connectivity index (χ1v) is 7.80. The number of hydrogen-bond acceptors (Lipinski definition) is 4. The summed E-state index contributed by atoms with van der Waals surface area (Å²) in [7, 11) is 1.45. The molecule has 2 aromatic rings. The number of amides is 2. The molecule has 22 heavy (non-hydrogen) atoms. The van der Waals surface area contributed by atoms with Gasteiger partial charge in [-0.25, -0.2) is 0 Å². The Hall–Kier alpha value is -1.69. The highest BCUT2D eigenvalue weighted by atomic mass is 35.5. The number of imide groups is 1. The highest BCUT2D eigenvalue weighted by Crippen LogP contribution is 2.33. The van der Waals surface area contributed by atoms with Gasteiger partial charge in [0, 0.05) is 18.7 Å². The second-order valence-electron chi connectivity index (χ2n) is 4.57. The number of nitrogens with zero attached hydrogens (tertiary/aromatic N) is 1. The lowest BCUT2D eigenvalue weighted by atomic mass is 10.2. The molecule has 0 aliphatic carbocycles. The molecule has 0 unspecified atom stereocenters. The Morgan fingerprint density at radius 2 is 1.91 bits per heavy atom. The third-order valence-corrected chi connectivity index (χ3v) is 4.79. The number of likely N-dealkylation sites (N-methyl/N-ethyl adjacent to an activating group) is 1. The van der Waals surface area contributed by atoms with E-state index in [0.717, 1.165) is 22.2 Å². The van der Waals surface area contributed by atoms with Crippen LogP contribution in [0, 0.1) is 0 Å². The van der Waals surface area contributed by atoms with Crippen LogP contribution in [0.4, 0.5) is 4.79 Å². The summed E-state index contributed by atoms with van der Waals surface area (Å²) in [5.41, 5.74) is 0.776. The number of benzene rings is 1. The lowest BCUT2D eigenvalue weighted by Gasteiger charge is -2.00. The van der Waals surface area contributed by atoms with Gasteiger partial charge in [0.25, 0.3) is 11.1 Å². The highest BCUT2D eigenvalue weighted by Gasteiger charge is 2.32. The van der Waals surface area contributed by atoms with Crippen molar-refractivity contribution in [1.82, 2.24) is 4.90 Å². The molecule has 1 saturated heterocycles. The summed E-state index contributed by atoms with van der Waals surface area (Å²) in [4.78, 5) is 24.7. The van der Waals surface area contributed by atoms with Crippen LogP contribution in [0.15, 0.2) is 39.7 Å². The standard InChI is InChI=1S/C15H9Cl2NO3S/c1-18-14(19)13(22-15(18)20)7-9-3-5-12(21-9)8-2-4-10(16)11(17)6-8/h2-7H,1H3/b13-7+. The van der Waals surface area contributed by atoms with Crippen LogP contribution in [-0.4, -0.2) is 23.1 Å². The van der Waals surface area contributed by atoms with Gasteiger partial charge >= 0.3 is 0 Å². The first-order valence-electron chi connectivity index (χ1n) is 6.22. The van der Waals surface area contributed by atoms with Crippen LogP contribution in [0.1, 0.15) is 5.76 Å². The summed E-state index contributed by atoms with van der Waals surface area (Å²) < 4.78 is 5.67. The largest absolute Gasteiger partial charge is 0.457 e. The Labute approximate surface area is 140 Å². The van der Waals surface area contributed by atoms with Gasteiger partial charge in [0.1, 0.15) is 11.5 Å². The maximum absolute atomic E-state index is 11.8. The summed E-state index contributed by atoms with van der Waals surface area (Å²) in [5.74, 6) is 0.753. The first kappa shape index (κ1) is 15.2. The van der Waals surface area contributed by atoms with Crippen LogP contribution >= 0.6 is 35.0 Å². The lowest BCUT2D eigenvalue weighted by Crippen LogP contribution is -2.22. The Balaban J connectivity index is 1.90. The summed E-state index contributed by atoms with van der Waals surface area (Å²) >= 11 is 12.7. The molecule has 2 heterocycles. The lowest BCUT2D eigenvalue weighted by molar-refractivity contribution is -0.121. The van der Waals surface area contributed by atoms with Crippen LogP contribution in [-0.2, 0) is 4.79 Å². The van der Waals surface area contributed by atoms with E-state index in [9.17, 15) is 9.59 Å². The molecule has 4 nitrogen and oxygen atoms in total. The second-order valence-corrected chi connectivity index (χ2v) is 6.38. The molecule has 0 saturated carbocycles. The molecule has 0 spiro atoms. The van der Waals surface area contributed by atoms with Crippen molar-refractivity contribution in [3.05, 3.63) is 51.0 Å². The molecular formula is C15H9Cl2NO3S. The number of halogens is 2. The number of carbonyl (C=O) groups excluding carboxylic acids is 2. The van der Waals surface area contributed by atoms with E-state index in [2.05, 4.69) is 0 Å². The number of thioether (sulfide) groups is 1. The Morgan fingerprint density at radius 3 is 2.55 bits per heavy atom. The predicted octanol–water partition coefficient (Wildman–Crippen LogP) is 4.92. The number of furan rings is 1. The average molecular weight is 354 g/mol. The molecule has 0 atom stereocenters. The van der Waals surface area contributed by atoms with Gasteiger partial charge in [-0.15, -0.1) is 0 Å². The van der Waals surface area contributed by atoms with Gasteiger partial charge in [-0.2, -0.15) is 0 Å². The molecule has 1 aliphatic rings. The highest BCUT2D eigenvalue weighted by molar-refractivity contribution is 8.18. The molecule has 1 fully saturated rings.